The first-order chi connectivity index (χ1) is 10.2. The highest BCUT2D eigenvalue weighted by molar-refractivity contribution is 5.85. The molecule has 2 N–H and O–H groups in total. The van der Waals surface area contributed by atoms with Crippen molar-refractivity contribution in [2.45, 2.75) is 44.1 Å². The third-order valence-corrected chi connectivity index (χ3v) is 4.07. The van der Waals surface area contributed by atoms with E-state index in [1.165, 1.54) is 0 Å². The summed E-state index contributed by atoms with van der Waals surface area (Å²) in [6.07, 6.45) is 4.96. The number of hydrogen-bond donors (Lipinski definition) is 1. The summed E-state index contributed by atoms with van der Waals surface area (Å²) in [6.45, 7) is 0. The van der Waals surface area contributed by atoms with Gasteiger partial charge in [0.15, 0.2) is 5.82 Å². The van der Waals surface area contributed by atoms with E-state index < -0.39 is 0 Å². The van der Waals surface area contributed by atoms with Crippen LogP contribution in [-0.2, 0) is 6.42 Å². The lowest BCUT2D eigenvalue weighted by atomic mass is 9.86. The number of ether oxygens (including phenoxy) is 1. The average Bonchev–Trinajstić information content (AvgIpc) is 2.97. The topological polar surface area (TPSA) is 74.2 Å². The van der Waals surface area contributed by atoms with Gasteiger partial charge in [-0.15, -0.1) is 12.4 Å². The Morgan fingerprint density at radius 2 is 2.05 bits per heavy atom. The van der Waals surface area contributed by atoms with Crippen LogP contribution in [0, 0.1) is 0 Å². The molecule has 0 bridgehead atoms. The highest BCUT2D eigenvalue weighted by Crippen LogP contribution is 2.31. The normalized spacial score (nSPS) is 21.2. The maximum Gasteiger partial charge on any atom is 0.229 e. The van der Waals surface area contributed by atoms with Crippen LogP contribution in [0.1, 0.15) is 48.9 Å². The Bertz CT molecular complexity index is 585. The van der Waals surface area contributed by atoms with Crippen molar-refractivity contribution >= 4 is 12.4 Å². The van der Waals surface area contributed by atoms with E-state index >= 15 is 0 Å². The molecule has 1 heterocycles. The van der Waals surface area contributed by atoms with E-state index in [0.29, 0.717) is 12.3 Å². The van der Waals surface area contributed by atoms with E-state index in [-0.39, 0.29) is 18.4 Å². The number of halogens is 1. The van der Waals surface area contributed by atoms with Crippen molar-refractivity contribution in [3.63, 3.8) is 0 Å². The van der Waals surface area contributed by atoms with Gasteiger partial charge >= 0.3 is 0 Å². The molecule has 0 radical (unpaired) electrons. The number of hydrogen-bond acceptors (Lipinski definition) is 5. The number of aromatic nitrogens is 2. The van der Waals surface area contributed by atoms with Crippen LogP contribution in [0.2, 0.25) is 0 Å². The van der Waals surface area contributed by atoms with Crippen LogP contribution in [0.15, 0.2) is 28.8 Å². The first kappa shape index (κ1) is 16.8. The van der Waals surface area contributed by atoms with Crippen LogP contribution < -0.4 is 10.5 Å². The molecule has 0 spiro atoms. The van der Waals surface area contributed by atoms with Crippen molar-refractivity contribution in [3.8, 4) is 5.75 Å². The molecular formula is C16H22ClN3O2. The smallest absolute Gasteiger partial charge is 0.229 e. The van der Waals surface area contributed by atoms with E-state index in [9.17, 15) is 0 Å². The molecule has 1 aliphatic carbocycles. The minimum atomic E-state index is 0. The summed E-state index contributed by atoms with van der Waals surface area (Å²) >= 11 is 0. The van der Waals surface area contributed by atoms with Gasteiger partial charge < -0.3 is 15.0 Å². The molecule has 1 aromatic heterocycles. The SMILES string of the molecule is COc1ccc(Cc2noc(C3CCCC(N)C3)n2)cc1.Cl. The van der Waals surface area contributed by atoms with Gasteiger partial charge in [0.25, 0.3) is 0 Å². The number of nitrogens with zero attached hydrogens (tertiary/aromatic N) is 2. The Morgan fingerprint density at radius 3 is 2.73 bits per heavy atom. The molecule has 1 saturated carbocycles. The largest absolute Gasteiger partial charge is 0.497 e. The Morgan fingerprint density at radius 1 is 1.27 bits per heavy atom. The minimum absolute atomic E-state index is 0. The van der Waals surface area contributed by atoms with Gasteiger partial charge in [0.05, 0.1) is 7.11 Å². The van der Waals surface area contributed by atoms with E-state index in [4.69, 9.17) is 15.0 Å². The molecule has 5 nitrogen and oxygen atoms in total. The van der Waals surface area contributed by atoms with Crippen molar-refractivity contribution in [1.82, 2.24) is 10.1 Å². The predicted molar refractivity (Wildman–Crippen MR) is 86.5 cm³/mol. The third kappa shape index (κ3) is 3.99. The summed E-state index contributed by atoms with van der Waals surface area (Å²) in [6, 6.07) is 8.18. The second-order valence-corrected chi connectivity index (χ2v) is 5.70. The van der Waals surface area contributed by atoms with E-state index in [0.717, 1.165) is 48.7 Å². The van der Waals surface area contributed by atoms with Crippen LogP contribution in [-0.4, -0.2) is 23.3 Å². The summed E-state index contributed by atoms with van der Waals surface area (Å²) in [7, 11) is 1.66. The van der Waals surface area contributed by atoms with Crippen LogP contribution in [0.3, 0.4) is 0 Å². The fourth-order valence-electron chi connectivity index (χ4n) is 2.88. The summed E-state index contributed by atoms with van der Waals surface area (Å²) in [5.74, 6) is 2.65. The molecule has 2 unspecified atom stereocenters. The summed E-state index contributed by atoms with van der Waals surface area (Å²) < 4.78 is 10.6. The molecule has 3 rings (SSSR count). The van der Waals surface area contributed by atoms with Gasteiger partial charge in [0, 0.05) is 18.4 Å². The molecule has 2 atom stereocenters. The van der Waals surface area contributed by atoms with E-state index in [2.05, 4.69) is 10.1 Å². The lowest BCUT2D eigenvalue weighted by molar-refractivity contribution is 0.297. The molecule has 1 aromatic carbocycles. The maximum absolute atomic E-state index is 6.02. The molecule has 6 heteroatoms. The molecular weight excluding hydrogens is 302 g/mol. The number of benzene rings is 1. The molecule has 120 valence electrons. The molecule has 1 fully saturated rings. The van der Waals surface area contributed by atoms with Gasteiger partial charge in [0.1, 0.15) is 5.75 Å². The number of methoxy groups -OCH3 is 1. The second kappa shape index (κ2) is 7.61. The maximum atomic E-state index is 6.02. The van der Waals surface area contributed by atoms with Crippen LogP contribution >= 0.6 is 12.4 Å². The highest BCUT2D eigenvalue weighted by Gasteiger charge is 2.25. The minimum Gasteiger partial charge on any atom is -0.497 e. The Labute approximate surface area is 136 Å². The lowest BCUT2D eigenvalue weighted by Gasteiger charge is -2.23. The molecule has 2 aromatic rings. The van der Waals surface area contributed by atoms with Gasteiger partial charge in [-0.05, 0) is 37.0 Å². The molecule has 0 amide bonds. The van der Waals surface area contributed by atoms with Crippen molar-refractivity contribution in [1.29, 1.82) is 0 Å². The highest BCUT2D eigenvalue weighted by atomic mass is 35.5. The first-order valence-electron chi connectivity index (χ1n) is 7.45. The van der Waals surface area contributed by atoms with Gasteiger partial charge in [-0.1, -0.05) is 23.7 Å². The first-order valence-corrected chi connectivity index (χ1v) is 7.45. The third-order valence-electron chi connectivity index (χ3n) is 4.07. The van der Waals surface area contributed by atoms with Crippen LogP contribution in [0.4, 0.5) is 0 Å². The van der Waals surface area contributed by atoms with Crippen molar-refractivity contribution in [2.24, 2.45) is 5.73 Å². The van der Waals surface area contributed by atoms with Gasteiger partial charge in [-0.25, -0.2) is 0 Å². The average molecular weight is 324 g/mol. The Hall–Kier alpha value is -1.59. The molecule has 0 aliphatic heterocycles. The van der Waals surface area contributed by atoms with Crippen LogP contribution in [0.25, 0.3) is 0 Å². The molecule has 1 aliphatic rings. The zero-order chi connectivity index (χ0) is 14.7. The Kier molecular flexibility index (Phi) is 5.80. The summed E-state index contributed by atoms with van der Waals surface area (Å²) in [5, 5.41) is 4.10. The Balaban J connectivity index is 0.00000176. The lowest BCUT2D eigenvalue weighted by Crippen LogP contribution is -2.26. The standard InChI is InChI=1S/C16H21N3O2.ClH/c1-20-14-7-5-11(6-8-14)9-15-18-16(21-19-15)12-3-2-4-13(17)10-12;/h5-8,12-13H,2-4,9-10,17H2,1H3;1H. The second-order valence-electron chi connectivity index (χ2n) is 5.70. The number of nitrogens with two attached hydrogens (primary N) is 1. The van der Waals surface area contributed by atoms with Crippen molar-refractivity contribution < 1.29 is 9.26 Å². The zero-order valence-electron chi connectivity index (χ0n) is 12.7. The van der Waals surface area contributed by atoms with Crippen molar-refractivity contribution in [3.05, 3.63) is 41.5 Å². The fourth-order valence-corrected chi connectivity index (χ4v) is 2.88. The van der Waals surface area contributed by atoms with E-state index in [1.54, 1.807) is 7.11 Å². The zero-order valence-corrected chi connectivity index (χ0v) is 13.5. The van der Waals surface area contributed by atoms with Gasteiger partial charge in [0.2, 0.25) is 5.89 Å². The van der Waals surface area contributed by atoms with Gasteiger partial charge in [-0.3, -0.25) is 0 Å². The van der Waals surface area contributed by atoms with Gasteiger partial charge in [-0.2, -0.15) is 4.98 Å². The fraction of sp³-hybridized carbons (Fsp3) is 0.500. The quantitative estimate of drug-likeness (QED) is 0.936. The van der Waals surface area contributed by atoms with E-state index in [1.807, 2.05) is 24.3 Å². The predicted octanol–water partition coefficient (Wildman–Crippen LogP) is 3.08. The summed E-state index contributed by atoms with van der Waals surface area (Å²) in [4.78, 5) is 4.54. The monoisotopic (exact) mass is 323 g/mol. The van der Waals surface area contributed by atoms with Crippen molar-refractivity contribution in [2.75, 3.05) is 7.11 Å². The number of rotatable bonds is 4. The summed E-state index contributed by atoms with van der Waals surface area (Å²) in [5.41, 5.74) is 7.16. The molecule has 22 heavy (non-hydrogen) atoms. The molecule has 0 saturated heterocycles. The van der Waals surface area contributed by atoms with Crippen LogP contribution in [0.5, 0.6) is 5.75 Å².